The Hall–Kier alpha value is -2.18. The Kier molecular flexibility index (Phi) is 4.11. The number of fused-ring (bicyclic) bond motifs is 3. The molecule has 2 aromatic carbocycles. The molecule has 21 heavy (non-hydrogen) atoms. The molecule has 1 aliphatic rings. The molecule has 2 aromatic rings. The molecular weight excluding hydrogens is 290 g/mol. The molecule has 3 rings (SSSR count). The smallest absolute Gasteiger partial charge is 0.261 e. The van der Waals surface area contributed by atoms with Crippen LogP contribution in [0.3, 0.4) is 0 Å². The van der Waals surface area contributed by atoms with Crippen LogP contribution < -0.4 is 5.73 Å². The van der Waals surface area contributed by atoms with Gasteiger partial charge in [0.15, 0.2) is 0 Å². The van der Waals surface area contributed by atoms with Gasteiger partial charge in [0.05, 0.1) is 12.2 Å². The molecule has 5 nitrogen and oxygen atoms in total. The molecule has 0 heterocycles. The maximum atomic E-state index is 11.5. The summed E-state index contributed by atoms with van der Waals surface area (Å²) in [6, 6.07) is 15.9. The maximum absolute atomic E-state index is 11.5. The molecule has 6 heteroatoms. The first-order chi connectivity index (χ1) is 9.79. The summed E-state index contributed by atoms with van der Waals surface area (Å²) >= 11 is 0. The van der Waals surface area contributed by atoms with Gasteiger partial charge in [-0.05, 0) is 22.3 Å². The van der Waals surface area contributed by atoms with E-state index in [0.29, 0.717) is 6.26 Å². The molecule has 0 radical (unpaired) electrons. The number of hydrogen-bond acceptors (Lipinski definition) is 3. The predicted octanol–water partition coefficient (Wildman–Crippen LogP) is 1.79. The number of primary amides is 1. The van der Waals surface area contributed by atoms with Crippen molar-refractivity contribution in [2.24, 2.45) is 5.73 Å². The van der Waals surface area contributed by atoms with Gasteiger partial charge in [0, 0.05) is 0 Å². The van der Waals surface area contributed by atoms with Crippen molar-refractivity contribution in [3.05, 3.63) is 59.7 Å². The van der Waals surface area contributed by atoms with E-state index in [9.17, 15) is 13.2 Å². The monoisotopic (exact) mass is 305 g/mol. The average molecular weight is 305 g/mol. The Bertz CT molecular complexity index is 730. The molecule has 0 spiro atoms. The van der Waals surface area contributed by atoms with Gasteiger partial charge in [0.25, 0.3) is 10.1 Å². The molecule has 0 atom stereocenters. The van der Waals surface area contributed by atoms with Gasteiger partial charge >= 0.3 is 0 Å². The number of hydrogen-bond donors (Lipinski definition) is 2. The third-order valence-electron chi connectivity index (χ3n) is 3.12. The molecule has 0 unspecified atom stereocenters. The molecule has 0 aliphatic heterocycles. The highest BCUT2D eigenvalue weighted by Crippen LogP contribution is 2.44. The highest BCUT2D eigenvalue weighted by molar-refractivity contribution is 7.85. The normalized spacial score (nSPS) is 12.9. The highest BCUT2D eigenvalue weighted by atomic mass is 32.2. The van der Waals surface area contributed by atoms with E-state index in [1.165, 1.54) is 0 Å². The van der Waals surface area contributed by atoms with Crippen molar-refractivity contribution in [1.29, 1.82) is 0 Å². The van der Waals surface area contributed by atoms with Crippen LogP contribution in [0.4, 0.5) is 0 Å². The standard InChI is InChI=1S/C14H11NO.CH4O3S/c15-14(16)13-11-7-3-1-5-9(11)10-6-2-4-8-12(10)13;1-5(2,3)4/h1-8,13H,(H2,15,16);1H3,(H,2,3,4). The van der Waals surface area contributed by atoms with Crippen molar-refractivity contribution in [2.45, 2.75) is 5.92 Å². The highest BCUT2D eigenvalue weighted by Gasteiger charge is 2.31. The number of rotatable bonds is 1. The minimum Gasteiger partial charge on any atom is -0.369 e. The summed E-state index contributed by atoms with van der Waals surface area (Å²) in [4.78, 5) is 11.5. The molecule has 0 bridgehead atoms. The second-order valence-electron chi connectivity index (χ2n) is 4.74. The van der Waals surface area contributed by atoms with Gasteiger partial charge in [0.2, 0.25) is 5.91 Å². The van der Waals surface area contributed by atoms with Gasteiger partial charge in [-0.15, -0.1) is 0 Å². The summed E-state index contributed by atoms with van der Waals surface area (Å²) < 4.78 is 25.9. The maximum Gasteiger partial charge on any atom is 0.261 e. The zero-order valence-electron chi connectivity index (χ0n) is 11.4. The Labute approximate surface area is 123 Å². The summed E-state index contributed by atoms with van der Waals surface area (Å²) in [5, 5.41) is 0. The number of nitrogens with two attached hydrogens (primary N) is 1. The summed E-state index contributed by atoms with van der Waals surface area (Å²) in [6.07, 6.45) is 0.715. The predicted molar refractivity (Wildman–Crippen MR) is 80.4 cm³/mol. The Balaban J connectivity index is 0.000000282. The fraction of sp³-hybridized carbons (Fsp3) is 0.133. The molecule has 0 aromatic heterocycles. The number of carbonyl (C=O) groups is 1. The van der Waals surface area contributed by atoms with Crippen LogP contribution in [0, 0.1) is 0 Å². The van der Waals surface area contributed by atoms with E-state index < -0.39 is 10.1 Å². The lowest BCUT2D eigenvalue weighted by atomic mass is 9.97. The van der Waals surface area contributed by atoms with Crippen molar-refractivity contribution in [2.75, 3.05) is 6.26 Å². The van der Waals surface area contributed by atoms with E-state index >= 15 is 0 Å². The van der Waals surface area contributed by atoms with Crippen LogP contribution >= 0.6 is 0 Å². The van der Waals surface area contributed by atoms with E-state index in [1.807, 2.05) is 48.5 Å². The van der Waals surface area contributed by atoms with Gasteiger partial charge in [-0.2, -0.15) is 8.42 Å². The zero-order chi connectivity index (χ0) is 15.6. The lowest BCUT2D eigenvalue weighted by Gasteiger charge is -2.07. The molecule has 1 amide bonds. The summed E-state index contributed by atoms with van der Waals surface area (Å²) in [5.74, 6) is -0.565. The first kappa shape index (κ1) is 15.2. The summed E-state index contributed by atoms with van der Waals surface area (Å²) in [6.45, 7) is 0. The number of carbonyl (C=O) groups excluding carboxylic acids is 1. The van der Waals surface area contributed by atoms with E-state index in [2.05, 4.69) is 0 Å². The molecule has 0 saturated carbocycles. The third-order valence-corrected chi connectivity index (χ3v) is 3.12. The van der Waals surface area contributed by atoms with Crippen LogP contribution in [0.1, 0.15) is 17.0 Å². The molecule has 0 saturated heterocycles. The minimum absolute atomic E-state index is 0.280. The second kappa shape index (κ2) is 5.67. The zero-order valence-corrected chi connectivity index (χ0v) is 12.2. The van der Waals surface area contributed by atoms with E-state index in [0.717, 1.165) is 22.3 Å². The van der Waals surface area contributed by atoms with Crippen LogP contribution in [0.15, 0.2) is 48.5 Å². The van der Waals surface area contributed by atoms with Gasteiger partial charge in [-0.25, -0.2) is 0 Å². The van der Waals surface area contributed by atoms with Crippen molar-refractivity contribution in [3.63, 3.8) is 0 Å². The minimum atomic E-state index is -3.67. The van der Waals surface area contributed by atoms with E-state index in [-0.39, 0.29) is 11.8 Å². The molecular formula is C15H15NO4S. The largest absolute Gasteiger partial charge is 0.369 e. The number of amides is 1. The molecule has 3 N–H and O–H groups in total. The second-order valence-corrected chi connectivity index (χ2v) is 6.21. The summed E-state index contributed by atoms with van der Waals surface area (Å²) in [7, 11) is -3.67. The Morgan fingerprint density at radius 3 is 1.67 bits per heavy atom. The SMILES string of the molecule is CS(=O)(=O)O.NC(=O)C1c2ccccc2-c2ccccc21. The Morgan fingerprint density at radius 2 is 1.33 bits per heavy atom. The van der Waals surface area contributed by atoms with Gasteiger partial charge in [-0.1, -0.05) is 48.5 Å². The fourth-order valence-corrected chi connectivity index (χ4v) is 2.46. The summed E-state index contributed by atoms with van der Waals surface area (Å²) in [5.41, 5.74) is 9.79. The van der Waals surface area contributed by atoms with Crippen molar-refractivity contribution in [1.82, 2.24) is 0 Å². The average Bonchev–Trinajstić information content (AvgIpc) is 2.71. The number of benzene rings is 2. The van der Waals surface area contributed by atoms with Crippen molar-refractivity contribution >= 4 is 16.0 Å². The lowest BCUT2D eigenvalue weighted by Crippen LogP contribution is -2.20. The first-order valence-corrected chi connectivity index (χ1v) is 8.04. The van der Waals surface area contributed by atoms with Crippen LogP contribution in [0.25, 0.3) is 11.1 Å². The topological polar surface area (TPSA) is 97.5 Å². The first-order valence-electron chi connectivity index (χ1n) is 6.19. The molecule has 110 valence electrons. The van der Waals surface area contributed by atoms with E-state index in [4.69, 9.17) is 10.3 Å². The van der Waals surface area contributed by atoms with Crippen LogP contribution in [0.5, 0.6) is 0 Å². The molecule has 1 aliphatic carbocycles. The van der Waals surface area contributed by atoms with Crippen LogP contribution in [-0.4, -0.2) is 25.1 Å². The van der Waals surface area contributed by atoms with Gasteiger partial charge < -0.3 is 5.73 Å². The van der Waals surface area contributed by atoms with Gasteiger partial charge in [0.1, 0.15) is 0 Å². The van der Waals surface area contributed by atoms with Gasteiger partial charge in [-0.3, -0.25) is 9.35 Å². The van der Waals surface area contributed by atoms with Crippen molar-refractivity contribution < 1.29 is 17.8 Å². The third kappa shape index (κ3) is 3.48. The lowest BCUT2D eigenvalue weighted by molar-refractivity contribution is -0.118. The molecule has 0 fully saturated rings. The fourth-order valence-electron chi connectivity index (χ4n) is 2.46. The van der Waals surface area contributed by atoms with Crippen molar-refractivity contribution in [3.8, 4) is 11.1 Å². The van der Waals surface area contributed by atoms with Crippen LogP contribution in [-0.2, 0) is 14.9 Å². The quantitative estimate of drug-likeness (QED) is 0.785. The Morgan fingerprint density at radius 1 is 1.00 bits per heavy atom. The van der Waals surface area contributed by atoms with E-state index in [1.54, 1.807) is 0 Å². The van der Waals surface area contributed by atoms with Crippen LogP contribution in [0.2, 0.25) is 0 Å².